The summed E-state index contributed by atoms with van der Waals surface area (Å²) in [7, 11) is 0. The molecule has 0 aliphatic heterocycles. The van der Waals surface area contributed by atoms with E-state index in [2.05, 4.69) is 0 Å². The van der Waals surface area contributed by atoms with Crippen molar-refractivity contribution in [2.24, 2.45) is 0 Å². The average Bonchev–Trinajstić information content (AvgIpc) is 2.13. The molecule has 0 saturated heterocycles. The van der Waals surface area contributed by atoms with E-state index in [9.17, 15) is 14.9 Å². The zero-order valence-corrected chi connectivity index (χ0v) is 8.99. The summed E-state index contributed by atoms with van der Waals surface area (Å²) in [5.74, 6) is -0.203. The van der Waals surface area contributed by atoms with Crippen molar-refractivity contribution in [3.05, 3.63) is 10.1 Å². The van der Waals surface area contributed by atoms with Gasteiger partial charge in [0.15, 0.2) is 0 Å². The molecule has 0 bridgehead atoms. The topological polar surface area (TPSA) is 60.2 Å². The molecule has 0 fully saturated rings. The van der Waals surface area contributed by atoms with E-state index in [1.165, 1.54) is 0 Å². The Labute approximate surface area is 131 Å². The Kier molecular flexibility index (Phi) is 13.4. The molecule has 0 amide bonds. The predicted octanol–water partition coefficient (Wildman–Crippen LogP) is 1.67. The van der Waals surface area contributed by atoms with E-state index in [-0.39, 0.29) is 54.7 Å². The molecule has 4 nitrogen and oxygen atoms in total. The van der Waals surface area contributed by atoms with Crippen LogP contribution in [0.25, 0.3) is 0 Å². The van der Waals surface area contributed by atoms with Gasteiger partial charge in [0.1, 0.15) is 0 Å². The zero-order chi connectivity index (χ0) is 11.0. The number of carbonyl (C=O) groups excluding carboxylic acids is 1. The Morgan fingerprint density at radius 2 is 1.87 bits per heavy atom. The molecule has 1 atom stereocenters. The van der Waals surface area contributed by atoms with Crippen LogP contribution in [0.1, 0.15) is 52.4 Å². The molecule has 15 heavy (non-hydrogen) atoms. The van der Waals surface area contributed by atoms with Crippen LogP contribution in [0, 0.1) is 10.1 Å². The maximum absolute atomic E-state index is 11.4. The summed E-state index contributed by atoms with van der Waals surface area (Å²) in [6.45, 7) is 3.90. The van der Waals surface area contributed by atoms with Gasteiger partial charge in [-0.15, -0.1) is 0 Å². The van der Waals surface area contributed by atoms with Crippen molar-refractivity contribution in [2.45, 2.75) is 58.4 Å². The van der Waals surface area contributed by atoms with Gasteiger partial charge in [0, 0.05) is 17.8 Å². The molecule has 0 aromatic heterocycles. The number of nitrogens with zero attached hydrogens (tertiary/aromatic N) is 1. The summed E-state index contributed by atoms with van der Waals surface area (Å²) in [6.07, 6.45) is 4.21. The first-order valence-electron chi connectivity index (χ1n) is 5.29. The second-order valence-corrected chi connectivity index (χ2v) is 3.51. The summed E-state index contributed by atoms with van der Waals surface area (Å²) < 4.78 is 0. The first-order chi connectivity index (χ1) is 6.63. The molecular formula is C10H21BaNO3. The Bertz CT molecular complexity index is 197. The Balaban J connectivity index is 0. The Morgan fingerprint density at radius 1 is 1.27 bits per heavy atom. The quantitative estimate of drug-likeness (QED) is 0.292. The fourth-order valence-electron chi connectivity index (χ4n) is 1.37. The number of Topliss-reactive ketones (excluding diaryl/α,β-unsaturated/α-hetero) is 1. The predicted molar refractivity (Wildman–Crippen MR) is 63.4 cm³/mol. The van der Waals surface area contributed by atoms with Gasteiger partial charge in [-0.05, 0) is 12.8 Å². The average molecular weight is 341 g/mol. The van der Waals surface area contributed by atoms with Crippen molar-refractivity contribution in [3.63, 3.8) is 0 Å². The van der Waals surface area contributed by atoms with Gasteiger partial charge < -0.3 is 0 Å². The molecular weight excluding hydrogens is 319 g/mol. The van der Waals surface area contributed by atoms with Crippen LogP contribution in [0.4, 0.5) is 0 Å². The minimum atomic E-state index is -0.961. The number of nitro groups is 1. The van der Waals surface area contributed by atoms with Crippen molar-refractivity contribution in [1.82, 2.24) is 0 Å². The van der Waals surface area contributed by atoms with Crippen LogP contribution in [0.15, 0.2) is 0 Å². The molecule has 0 rings (SSSR count). The van der Waals surface area contributed by atoms with E-state index in [1.807, 2.05) is 13.8 Å². The van der Waals surface area contributed by atoms with Gasteiger partial charge in [0.25, 0.3) is 6.04 Å². The van der Waals surface area contributed by atoms with E-state index in [0.29, 0.717) is 19.3 Å². The van der Waals surface area contributed by atoms with Crippen LogP contribution in [0.3, 0.4) is 0 Å². The third-order valence-corrected chi connectivity index (χ3v) is 2.21. The Hall–Kier alpha value is 0.641. The van der Waals surface area contributed by atoms with E-state index in [1.54, 1.807) is 0 Å². The van der Waals surface area contributed by atoms with Gasteiger partial charge >= 0.3 is 48.9 Å². The number of unbranched alkanes of at least 4 members (excludes halogenated alkanes) is 2. The minimum absolute atomic E-state index is 0. The van der Waals surface area contributed by atoms with Gasteiger partial charge in [-0.25, -0.2) is 0 Å². The summed E-state index contributed by atoms with van der Waals surface area (Å²) in [4.78, 5) is 21.5. The van der Waals surface area contributed by atoms with Crippen molar-refractivity contribution in [3.8, 4) is 0 Å². The van der Waals surface area contributed by atoms with Gasteiger partial charge in [-0.3, -0.25) is 14.9 Å². The molecule has 0 saturated carbocycles. The van der Waals surface area contributed by atoms with Gasteiger partial charge in [-0.1, -0.05) is 26.7 Å². The van der Waals surface area contributed by atoms with E-state index in [0.717, 1.165) is 19.3 Å². The van der Waals surface area contributed by atoms with Gasteiger partial charge in [0.2, 0.25) is 5.78 Å². The standard InChI is InChI=1S/C10H19NO3.Ba.2H/c1-3-5-6-8-10(12)9(7-4-2)11(13)14;;;/h9H,3-8H2,1-2H3;;;. The van der Waals surface area contributed by atoms with E-state index in [4.69, 9.17) is 0 Å². The maximum atomic E-state index is 11.4. The summed E-state index contributed by atoms with van der Waals surface area (Å²) >= 11 is 0. The number of hydrogen-bond acceptors (Lipinski definition) is 3. The SMILES string of the molecule is CCCCCC(=O)C(CCC)[N+](=O)[O-].[BaH2]. The van der Waals surface area contributed by atoms with E-state index < -0.39 is 11.0 Å². The number of rotatable bonds is 8. The molecule has 0 aromatic carbocycles. The Morgan fingerprint density at radius 3 is 2.27 bits per heavy atom. The van der Waals surface area contributed by atoms with Crippen molar-refractivity contribution in [1.29, 1.82) is 0 Å². The van der Waals surface area contributed by atoms with E-state index >= 15 is 0 Å². The third-order valence-electron chi connectivity index (χ3n) is 2.21. The fourth-order valence-corrected chi connectivity index (χ4v) is 1.37. The molecule has 0 spiro atoms. The third kappa shape index (κ3) is 8.45. The summed E-state index contributed by atoms with van der Waals surface area (Å²) in [6, 6.07) is -0.961. The molecule has 0 aliphatic carbocycles. The van der Waals surface area contributed by atoms with Crippen LogP contribution >= 0.6 is 0 Å². The molecule has 0 heterocycles. The van der Waals surface area contributed by atoms with Crippen LogP contribution in [-0.2, 0) is 4.79 Å². The van der Waals surface area contributed by atoms with Crippen molar-refractivity contribution < 1.29 is 9.72 Å². The monoisotopic (exact) mass is 341 g/mol. The first-order valence-corrected chi connectivity index (χ1v) is 5.29. The number of carbonyl (C=O) groups is 1. The zero-order valence-electron chi connectivity index (χ0n) is 8.99. The molecule has 86 valence electrons. The van der Waals surface area contributed by atoms with Crippen molar-refractivity contribution >= 4 is 54.7 Å². The molecule has 5 heteroatoms. The normalized spacial score (nSPS) is 11.6. The molecule has 0 radical (unpaired) electrons. The van der Waals surface area contributed by atoms with Gasteiger partial charge in [0.05, 0.1) is 0 Å². The molecule has 0 aliphatic rings. The fraction of sp³-hybridized carbons (Fsp3) is 0.900. The second-order valence-electron chi connectivity index (χ2n) is 3.51. The summed E-state index contributed by atoms with van der Waals surface area (Å²) in [5.41, 5.74) is 0. The first kappa shape index (κ1) is 18.0. The van der Waals surface area contributed by atoms with Crippen LogP contribution in [-0.4, -0.2) is 65.6 Å². The molecule has 0 aromatic rings. The number of ketones is 1. The second kappa shape index (κ2) is 11.1. The van der Waals surface area contributed by atoms with Crippen molar-refractivity contribution in [2.75, 3.05) is 0 Å². The molecule has 1 unspecified atom stereocenters. The van der Waals surface area contributed by atoms with Crippen LogP contribution in [0.2, 0.25) is 0 Å². The number of hydrogen-bond donors (Lipinski definition) is 0. The van der Waals surface area contributed by atoms with Crippen LogP contribution < -0.4 is 0 Å². The molecule has 0 N–H and O–H groups in total. The summed E-state index contributed by atoms with van der Waals surface area (Å²) in [5, 5.41) is 10.5. The van der Waals surface area contributed by atoms with Crippen LogP contribution in [0.5, 0.6) is 0 Å². The van der Waals surface area contributed by atoms with Gasteiger partial charge in [-0.2, -0.15) is 0 Å².